The fourth-order valence-electron chi connectivity index (χ4n) is 2.27. The fourth-order valence-corrected chi connectivity index (χ4v) is 2.27. The van der Waals surface area contributed by atoms with Gasteiger partial charge in [-0.25, -0.2) is 4.99 Å². The Kier molecular flexibility index (Phi) is 6.80. The Morgan fingerprint density at radius 2 is 1.59 bits per heavy atom. The van der Waals surface area contributed by atoms with Crippen LogP contribution in [0.2, 0.25) is 0 Å². The summed E-state index contributed by atoms with van der Waals surface area (Å²) in [5, 5.41) is 10.8. The lowest BCUT2D eigenvalue weighted by Gasteiger charge is -2.15. The van der Waals surface area contributed by atoms with Crippen molar-refractivity contribution in [3.05, 3.63) is 83.6 Å². The van der Waals surface area contributed by atoms with Gasteiger partial charge in [-0.05, 0) is 11.6 Å². The number of hydroxylamine groups is 2. The average Bonchev–Trinajstić information content (AvgIpc) is 2.60. The zero-order valence-electron chi connectivity index (χ0n) is 14.6. The summed E-state index contributed by atoms with van der Waals surface area (Å²) in [6, 6.07) is 8.74. The zero-order valence-corrected chi connectivity index (χ0v) is 14.6. The van der Waals surface area contributed by atoms with E-state index in [0.717, 1.165) is 16.8 Å². The normalized spacial score (nSPS) is 16.9. The second kappa shape index (κ2) is 8.91. The smallest absolute Gasteiger partial charge is 0.289 e. The number of hydrogen-bond donors (Lipinski definition) is 1. The van der Waals surface area contributed by atoms with Gasteiger partial charge in [-0.15, -0.1) is 0 Å². The van der Waals surface area contributed by atoms with Crippen LogP contribution >= 0.6 is 0 Å². The van der Waals surface area contributed by atoms with E-state index in [9.17, 15) is 36.3 Å². The molecule has 0 saturated carbocycles. The van der Waals surface area contributed by atoms with E-state index in [1.807, 2.05) is 0 Å². The van der Waals surface area contributed by atoms with Crippen molar-refractivity contribution in [1.29, 1.82) is 0 Å². The maximum atomic E-state index is 12.5. The van der Waals surface area contributed by atoms with Crippen LogP contribution in [0.15, 0.2) is 83.1 Å². The first-order valence-corrected chi connectivity index (χ1v) is 8.02. The van der Waals surface area contributed by atoms with Crippen LogP contribution in [0.4, 0.5) is 26.3 Å². The van der Waals surface area contributed by atoms with Gasteiger partial charge in [0.15, 0.2) is 0 Å². The number of allylic oxidation sites excluding steroid dienone is 6. The second-order valence-corrected chi connectivity index (χ2v) is 5.77. The summed E-state index contributed by atoms with van der Waals surface area (Å²) in [6.07, 6.45) is -5.47. The van der Waals surface area contributed by atoms with Crippen molar-refractivity contribution in [3.8, 4) is 0 Å². The molecule has 4 nitrogen and oxygen atoms in total. The van der Waals surface area contributed by atoms with Gasteiger partial charge in [0.2, 0.25) is 0 Å². The number of carbonyl (C=O) groups is 1. The van der Waals surface area contributed by atoms with Gasteiger partial charge in [0.25, 0.3) is 5.91 Å². The van der Waals surface area contributed by atoms with Gasteiger partial charge in [-0.2, -0.15) is 26.3 Å². The molecule has 0 unspecified atom stereocenters. The van der Waals surface area contributed by atoms with Crippen molar-refractivity contribution in [2.45, 2.75) is 18.9 Å². The molecule has 1 aliphatic carbocycles. The molecule has 29 heavy (non-hydrogen) atoms. The Morgan fingerprint density at radius 1 is 1.00 bits per heavy atom. The highest BCUT2D eigenvalue weighted by molar-refractivity contribution is 6.16. The van der Waals surface area contributed by atoms with Crippen molar-refractivity contribution in [2.75, 3.05) is 0 Å². The number of carbonyl (C=O) groups excluding carboxylic acids is 1. The van der Waals surface area contributed by atoms with Crippen molar-refractivity contribution >= 4 is 11.6 Å². The number of amides is 1. The summed E-state index contributed by atoms with van der Waals surface area (Å²) in [5.41, 5.74) is -2.30. The quantitative estimate of drug-likeness (QED) is 0.431. The number of benzene rings is 1. The molecule has 2 rings (SSSR count). The lowest BCUT2D eigenvalue weighted by atomic mass is 10.1. The topological polar surface area (TPSA) is 52.9 Å². The van der Waals surface area contributed by atoms with Gasteiger partial charge in [0.05, 0.1) is 12.3 Å². The van der Waals surface area contributed by atoms with Gasteiger partial charge < -0.3 is 0 Å². The summed E-state index contributed by atoms with van der Waals surface area (Å²) >= 11 is 0. The summed E-state index contributed by atoms with van der Waals surface area (Å²) in [5.74, 6) is -1.73. The molecule has 0 aromatic heterocycles. The molecule has 1 aromatic rings. The number of alkyl halides is 6. The summed E-state index contributed by atoms with van der Waals surface area (Å²) in [4.78, 5) is 15.0. The van der Waals surface area contributed by atoms with Crippen molar-refractivity contribution in [1.82, 2.24) is 5.06 Å². The van der Waals surface area contributed by atoms with E-state index < -0.39 is 29.9 Å². The second-order valence-electron chi connectivity index (χ2n) is 5.77. The van der Waals surface area contributed by atoms with E-state index in [1.54, 1.807) is 30.3 Å². The minimum Gasteiger partial charge on any atom is -0.289 e. The van der Waals surface area contributed by atoms with E-state index in [0.29, 0.717) is 0 Å². The third kappa shape index (κ3) is 6.75. The molecular weight excluding hydrogens is 402 g/mol. The zero-order chi connectivity index (χ0) is 21.7. The van der Waals surface area contributed by atoms with Crippen molar-refractivity contribution in [3.63, 3.8) is 0 Å². The number of halogens is 6. The largest absolute Gasteiger partial charge is 0.421 e. The highest BCUT2D eigenvalue weighted by Crippen LogP contribution is 2.38. The standard InChI is InChI=1S/C19H14F6N2O2/c20-18(21,22)16(19(23,24)25)10-17(28)26-15-9-5-4-8-14(15)12-27(29)11-13-6-2-1-3-7-13/h1-10,12,29H,11H2. The molecular formula is C19H14F6N2O2. The Labute approximate surface area is 161 Å². The fraction of sp³-hybridized carbons (Fsp3) is 0.158. The van der Waals surface area contributed by atoms with Gasteiger partial charge in [-0.3, -0.25) is 15.1 Å². The van der Waals surface area contributed by atoms with Crippen LogP contribution in [0, 0.1) is 0 Å². The van der Waals surface area contributed by atoms with E-state index in [2.05, 4.69) is 4.99 Å². The first-order valence-electron chi connectivity index (χ1n) is 8.02. The molecule has 10 heteroatoms. The molecule has 1 aromatic carbocycles. The van der Waals surface area contributed by atoms with E-state index in [4.69, 9.17) is 0 Å². The number of nitrogens with zero attached hydrogens (tertiary/aromatic N) is 2. The lowest BCUT2D eigenvalue weighted by molar-refractivity contribution is -0.172. The number of aliphatic imine (C=N–C) groups is 1. The predicted molar refractivity (Wildman–Crippen MR) is 92.8 cm³/mol. The van der Waals surface area contributed by atoms with Crippen molar-refractivity contribution in [2.24, 2.45) is 4.99 Å². The maximum absolute atomic E-state index is 12.5. The Morgan fingerprint density at radius 3 is 2.17 bits per heavy atom. The number of rotatable bonds is 4. The average molecular weight is 416 g/mol. The summed E-state index contributed by atoms with van der Waals surface area (Å²) < 4.78 is 75.3. The Hall–Kier alpha value is -3.14. The van der Waals surface area contributed by atoms with Crippen LogP contribution in [0.1, 0.15) is 5.56 Å². The van der Waals surface area contributed by atoms with E-state index in [1.165, 1.54) is 24.3 Å². The SMILES string of the molecule is O=C(C=C(C(F)(F)F)C(F)(F)F)N=C1C=CC=CC1=CN(O)Cc1ccccc1. The maximum Gasteiger partial charge on any atom is 0.421 e. The Balaban J connectivity index is 2.27. The summed E-state index contributed by atoms with van der Waals surface area (Å²) in [6.45, 7) is 0.0509. The predicted octanol–water partition coefficient (Wildman–Crippen LogP) is 4.91. The monoisotopic (exact) mass is 416 g/mol. The van der Waals surface area contributed by atoms with Crippen LogP contribution in [0.5, 0.6) is 0 Å². The van der Waals surface area contributed by atoms with Gasteiger partial charge in [0, 0.05) is 17.8 Å². The highest BCUT2D eigenvalue weighted by atomic mass is 19.4. The minimum absolute atomic E-state index is 0.0509. The molecule has 0 radical (unpaired) electrons. The van der Waals surface area contributed by atoms with Crippen molar-refractivity contribution < 1.29 is 36.3 Å². The van der Waals surface area contributed by atoms with Crippen LogP contribution in [0.3, 0.4) is 0 Å². The van der Waals surface area contributed by atoms with Gasteiger partial charge >= 0.3 is 12.4 Å². The third-order valence-electron chi connectivity index (χ3n) is 3.52. The van der Waals surface area contributed by atoms with E-state index in [-0.39, 0.29) is 17.8 Å². The molecule has 0 aliphatic heterocycles. The molecule has 1 aliphatic rings. The molecule has 0 spiro atoms. The minimum atomic E-state index is -5.76. The highest BCUT2D eigenvalue weighted by Gasteiger charge is 2.51. The van der Waals surface area contributed by atoms with Gasteiger partial charge in [-0.1, -0.05) is 48.6 Å². The number of hydrogen-bond acceptors (Lipinski definition) is 3. The van der Waals surface area contributed by atoms with Crippen LogP contribution in [-0.2, 0) is 11.3 Å². The van der Waals surface area contributed by atoms with E-state index >= 15 is 0 Å². The molecule has 0 atom stereocenters. The van der Waals surface area contributed by atoms with Crippen LogP contribution < -0.4 is 0 Å². The summed E-state index contributed by atoms with van der Waals surface area (Å²) in [7, 11) is 0. The van der Waals surface area contributed by atoms with Crippen LogP contribution in [0.25, 0.3) is 0 Å². The molecule has 0 heterocycles. The Bertz CT molecular complexity index is 878. The lowest BCUT2D eigenvalue weighted by Crippen LogP contribution is -2.27. The van der Waals surface area contributed by atoms with Crippen LogP contribution in [-0.4, -0.2) is 34.2 Å². The molecule has 0 bridgehead atoms. The third-order valence-corrected chi connectivity index (χ3v) is 3.52. The molecule has 154 valence electrons. The molecule has 1 amide bonds. The molecule has 1 N–H and O–H groups in total. The first-order chi connectivity index (χ1) is 13.5. The van der Waals surface area contributed by atoms with Gasteiger partial charge in [0.1, 0.15) is 5.57 Å². The first kappa shape index (κ1) is 22.2. The molecule has 0 fully saturated rings. The molecule has 0 saturated heterocycles.